The summed E-state index contributed by atoms with van der Waals surface area (Å²) in [4.78, 5) is 10.6. The molecule has 1 saturated carbocycles. The zero-order chi connectivity index (χ0) is 14.9. The van der Waals surface area contributed by atoms with Gasteiger partial charge in [-0.05, 0) is 38.3 Å². The van der Waals surface area contributed by atoms with E-state index in [1.165, 1.54) is 6.07 Å². The van der Waals surface area contributed by atoms with Gasteiger partial charge in [0.2, 0.25) is 0 Å². The number of rotatable bonds is 6. The molecule has 0 saturated heterocycles. The third kappa shape index (κ3) is 3.34. The van der Waals surface area contributed by atoms with E-state index < -0.39 is 14.8 Å². The number of nitrogens with one attached hydrogen (secondary N) is 1. The lowest BCUT2D eigenvalue weighted by Crippen LogP contribution is -2.29. The molecule has 1 aromatic carbocycles. The minimum absolute atomic E-state index is 0.0135. The summed E-state index contributed by atoms with van der Waals surface area (Å²) in [6.45, 7) is 0. The van der Waals surface area contributed by atoms with Crippen LogP contribution in [0.5, 0.6) is 0 Å². The maximum absolute atomic E-state index is 11.5. The number of nitrogens with zero attached hydrogens (tertiary/aromatic N) is 1. The van der Waals surface area contributed by atoms with Crippen LogP contribution in [-0.2, 0) is 16.3 Å². The van der Waals surface area contributed by atoms with Gasteiger partial charge in [-0.25, -0.2) is 8.42 Å². The number of benzene rings is 1. The highest BCUT2D eigenvalue weighted by Crippen LogP contribution is 2.35. The van der Waals surface area contributed by atoms with Crippen molar-refractivity contribution in [1.82, 2.24) is 5.32 Å². The van der Waals surface area contributed by atoms with E-state index in [0.29, 0.717) is 17.9 Å². The zero-order valence-electron chi connectivity index (χ0n) is 11.5. The first-order valence-corrected chi connectivity index (χ1v) is 8.36. The zero-order valence-corrected chi connectivity index (χ0v) is 12.3. The fourth-order valence-corrected chi connectivity index (χ4v) is 3.00. The summed E-state index contributed by atoms with van der Waals surface area (Å²) in [6, 6.07) is 4.36. The largest absolute Gasteiger partial charge is 0.316 e. The molecule has 0 aliphatic heterocycles. The molecule has 0 amide bonds. The van der Waals surface area contributed by atoms with Gasteiger partial charge in [-0.15, -0.1) is 0 Å². The van der Waals surface area contributed by atoms with Crippen LogP contribution in [0.15, 0.2) is 23.1 Å². The first-order valence-electron chi connectivity index (χ1n) is 6.47. The average Bonchev–Trinajstić information content (AvgIpc) is 3.18. The van der Waals surface area contributed by atoms with Gasteiger partial charge in [0.05, 0.1) is 9.82 Å². The Morgan fingerprint density at radius 1 is 1.45 bits per heavy atom. The van der Waals surface area contributed by atoms with Crippen molar-refractivity contribution in [3.8, 4) is 0 Å². The number of sulfone groups is 1. The second-order valence-electron chi connectivity index (χ2n) is 5.26. The lowest BCUT2D eigenvalue weighted by Gasteiger charge is -2.15. The standard InChI is InChI=1S/C13H18N2O4S/c1-14-12(9-3-4-9)7-10-5-6-11(20(2,18)19)8-13(10)15(16)17/h5-6,8-9,12,14H,3-4,7H2,1-2H3. The van der Waals surface area contributed by atoms with Crippen molar-refractivity contribution < 1.29 is 13.3 Å². The second kappa shape index (κ2) is 5.49. The van der Waals surface area contributed by atoms with Gasteiger partial charge in [0.15, 0.2) is 9.84 Å². The van der Waals surface area contributed by atoms with E-state index in [2.05, 4.69) is 5.32 Å². The number of hydrogen-bond donors (Lipinski definition) is 1. The fourth-order valence-electron chi connectivity index (χ4n) is 2.36. The van der Waals surface area contributed by atoms with Gasteiger partial charge in [-0.1, -0.05) is 6.07 Å². The molecule has 1 aliphatic rings. The van der Waals surface area contributed by atoms with Crippen molar-refractivity contribution in [3.63, 3.8) is 0 Å². The molecule has 20 heavy (non-hydrogen) atoms. The summed E-state index contributed by atoms with van der Waals surface area (Å²) in [5, 5.41) is 14.3. The van der Waals surface area contributed by atoms with Gasteiger partial charge in [0.1, 0.15) is 0 Å². The SMILES string of the molecule is CNC(Cc1ccc(S(C)(=O)=O)cc1[N+](=O)[O-])C1CC1. The molecule has 2 rings (SSSR count). The normalized spacial score (nSPS) is 16.9. The van der Waals surface area contributed by atoms with Crippen LogP contribution in [0, 0.1) is 16.0 Å². The van der Waals surface area contributed by atoms with Crippen molar-refractivity contribution in [2.45, 2.75) is 30.2 Å². The molecule has 0 heterocycles. The molecule has 1 unspecified atom stereocenters. The van der Waals surface area contributed by atoms with Crippen LogP contribution in [0.25, 0.3) is 0 Å². The fraction of sp³-hybridized carbons (Fsp3) is 0.538. The maximum Gasteiger partial charge on any atom is 0.273 e. The maximum atomic E-state index is 11.5. The van der Waals surface area contributed by atoms with Crippen LogP contribution in [-0.4, -0.2) is 32.7 Å². The summed E-state index contributed by atoms with van der Waals surface area (Å²) in [6.07, 6.45) is 3.87. The molecule has 7 heteroatoms. The Morgan fingerprint density at radius 2 is 2.10 bits per heavy atom. The van der Waals surface area contributed by atoms with Crippen molar-refractivity contribution >= 4 is 15.5 Å². The van der Waals surface area contributed by atoms with Crippen LogP contribution in [0.1, 0.15) is 18.4 Å². The third-order valence-electron chi connectivity index (χ3n) is 3.68. The van der Waals surface area contributed by atoms with E-state index >= 15 is 0 Å². The second-order valence-corrected chi connectivity index (χ2v) is 7.27. The van der Waals surface area contributed by atoms with E-state index in [9.17, 15) is 18.5 Å². The third-order valence-corrected chi connectivity index (χ3v) is 4.79. The Balaban J connectivity index is 2.35. The minimum Gasteiger partial charge on any atom is -0.316 e. The molecule has 1 aliphatic carbocycles. The highest BCUT2D eigenvalue weighted by atomic mass is 32.2. The number of nitro benzene ring substituents is 1. The van der Waals surface area contributed by atoms with Gasteiger partial charge in [-0.2, -0.15) is 0 Å². The van der Waals surface area contributed by atoms with Crippen LogP contribution in [0.4, 0.5) is 5.69 Å². The van der Waals surface area contributed by atoms with E-state index in [1.807, 2.05) is 7.05 Å². The van der Waals surface area contributed by atoms with Crippen LogP contribution < -0.4 is 5.32 Å². The number of likely N-dealkylation sites (N-methyl/N-ethyl adjacent to an activating group) is 1. The van der Waals surface area contributed by atoms with Crippen LogP contribution in [0.3, 0.4) is 0 Å². The Bertz CT molecular complexity index is 623. The van der Waals surface area contributed by atoms with Crippen molar-refractivity contribution in [2.24, 2.45) is 5.92 Å². The molecule has 6 nitrogen and oxygen atoms in total. The summed E-state index contributed by atoms with van der Waals surface area (Å²) in [5.41, 5.74) is 0.461. The minimum atomic E-state index is -3.43. The number of nitro groups is 1. The molecule has 0 radical (unpaired) electrons. The monoisotopic (exact) mass is 298 g/mol. The molecular formula is C13H18N2O4S. The lowest BCUT2D eigenvalue weighted by molar-refractivity contribution is -0.385. The Hall–Kier alpha value is -1.47. The first-order chi connectivity index (χ1) is 9.32. The molecule has 1 fully saturated rings. The van der Waals surface area contributed by atoms with Gasteiger partial charge >= 0.3 is 0 Å². The molecule has 1 aromatic rings. The highest BCUT2D eigenvalue weighted by molar-refractivity contribution is 7.90. The van der Waals surface area contributed by atoms with Crippen LogP contribution >= 0.6 is 0 Å². The Kier molecular flexibility index (Phi) is 4.10. The molecule has 0 aromatic heterocycles. The average molecular weight is 298 g/mol. The quantitative estimate of drug-likeness (QED) is 0.635. The Morgan fingerprint density at radius 3 is 2.55 bits per heavy atom. The van der Waals surface area contributed by atoms with Crippen molar-refractivity contribution in [1.29, 1.82) is 0 Å². The van der Waals surface area contributed by atoms with E-state index in [-0.39, 0.29) is 16.6 Å². The summed E-state index contributed by atoms with van der Waals surface area (Å²) >= 11 is 0. The molecular weight excluding hydrogens is 280 g/mol. The molecule has 110 valence electrons. The molecule has 0 spiro atoms. The summed E-state index contributed by atoms with van der Waals surface area (Å²) in [7, 11) is -1.59. The van der Waals surface area contributed by atoms with E-state index in [0.717, 1.165) is 25.2 Å². The highest BCUT2D eigenvalue weighted by Gasteiger charge is 2.31. The smallest absolute Gasteiger partial charge is 0.273 e. The number of hydrogen-bond acceptors (Lipinski definition) is 5. The van der Waals surface area contributed by atoms with Crippen molar-refractivity contribution in [3.05, 3.63) is 33.9 Å². The molecule has 0 bridgehead atoms. The molecule has 1 N–H and O–H groups in total. The predicted molar refractivity (Wildman–Crippen MR) is 75.5 cm³/mol. The summed E-state index contributed by atoms with van der Waals surface area (Å²) in [5.74, 6) is 0.564. The van der Waals surface area contributed by atoms with E-state index in [1.54, 1.807) is 6.07 Å². The van der Waals surface area contributed by atoms with Gasteiger partial charge < -0.3 is 5.32 Å². The van der Waals surface area contributed by atoms with Crippen molar-refractivity contribution in [2.75, 3.05) is 13.3 Å². The first kappa shape index (κ1) is 14.9. The molecule has 1 atom stereocenters. The lowest BCUT2D eigenvalue weighted by atomic mass is 10.0. The van der Waals surface area contributed by atoms with E-state index in [4.69, 9.17) is 0 Å². The topological polar surface area (TPSA) is 89.3 Å². The summed E-state index contributed by atoms with van der Waals surface area (Å²) < 4.78 is 23.0. The van der Waals surface area contributed by atoms with Crippen LogP contribution in [0.2, 0.25) is 0 Å². The van der Waals surface area contributed by atoms with Gasteiger partial charge in [0.25, 0.3) is 5.69 Å². The van der Waals surface area contributed by atoms with Gasteiger partial charge in [0, 0.05) is 23.9 Å². The Labute approximate surface area is 118 Å². The predicted octanol–water partition coefficient (Wildman–Crippen LogP) is 1.54. The van der Waals surface area contributed by atoms with Gasteiger partial charge in [-0.3, -0.25) is 10.1 Å².